The fourth-order valence-corrected chi connectivity index (χ4v) is 14.2. The molecule has 0 aromatic rings. The Kier molecular flexibility index (Phi) is 36.1. The molecule has 11 amide bonds. The van der Waals surface area contributed by atoms with Crippen molar-refractivity contribution in [3.8, 4) is 0 Å². The molecule has 5 N–H and O–H groups in total. The zero-order valence-corrected chi connectivity index (χ0v) is 64.5. The van der Waals surface area contributed by atoms with E-state index in [4.69, 9.17) is 4.74 Å². The number of allylic oxidation sites excluding steroid dienone is 2. The summed E-state index contributed by atoms with van der Waals surface area (Å²) in [6.45, 7) is 30.1. The number of hydrogen-bond donors (Lipinski definition) is 5. The standard InChI is InChI=1S/C70H126N12O15S/c1-25-27-29-46(13)59(83)58-63(87)73-50(26-2)65(89)76(18)52(30-28-33-82-34-36-97-37-35-82)66(90)80(22)57(47(14)40-98(24,95)96)62(86)74-55(44(9)10)69(93)75(17)51(32-31-41(3)4)61(85)71-48(15)60(84)72-49(16)64(88)77(19)53(38-42(5)6)67(91)78(20)54(39-43(7)8)68(92)79(21)56(45(11)12)70(94)81(58)23/h25,27,41-59,83H,26,28-40H2,1-24H3,(H,71,85)(H,72,84)(H,73,87)(H,74,86)/b27-25+/t46-,47-,48+,49-,50+,51+,52-,53+,54+,55+,56+,57+,58+,59-/m1/s1. The van der Waals surface area contributed by atoms with Crippen molar-refractivity contribution in [2.45, 2.75) is 235 Å². The van der Waals surface area contributed by atoms with Gasteiger partial charge in [0.05, 0.1) is 25.1 Å². The molecule has 0 spiro atoms. The molecule has 0 unspecified atom stereocenters. The SMILES string of the molecule is C/C=C/C[C@@H](C)[C@@H](O)[C@H]1C(=O)N[C@@H](CC)C(=O)N(C)[C@H](CCCN2CCOCC2)C(=O)N(C)[C@@H]([C@H](C)CS(C)(=O)=O)C(=O)N[C@@H](C(C)C)C(=O)N(C)[C@@H](CCC(C)C)C(=O)N[C@@H](C)C(=O)N[C@H](C)C(=O)N(C)[C@@H](CC(C)C)C(=O)N(C)[C@@H](CC(C)C)C(=O)N(C)[C@@H](C(C)C)C(=O)N1C. The number of carbonyl (C=O) groups is 11. The van der Waals surface area contributed by atoms with Gasteiger partial charge in [0.25, 0.3) is 0 Å². The summed E-state index contributed by atoms with van der Waals surface area (Å²) < 4.78 is 31.9. The molecule has 562 valence electrons. The minimum Gasteiger partial charge on any atom is -0.390 e. The highest BCUT2D eigenvalue weighted by atomic mass is 32.2. The molecule has 0 aromatic heterocycles. The van der Waals surface area contributed by atoms with E-state index < -0.39 is 177 Å². The Morgan fingerprint density at radius 1 is 0.520 bits per heavy atom. The molecule has 0 saturated carbocycles. The van der Waals surface area contributed by atoms with Gasteiger partial charge < -0.3 is 65.4 Å². The van der Waals surface area contributed by atoms with Gasteiger partial charge in [-0.1, -0.05) is 102 Å². The Labute approximate surface area is 586 Å². The van der Waals surface area contributed by atoms with Crippen LogP contribution in [-0.2, 0) is 67.3 Å². The predicted octanol–water partition coefficient (Wildman–Crippen LogP) is 2.77. The maximum atomic E-state index is 15.6. The third-order valence-electron chi connectivity index (χ3n) is 19.1. The summed E-state index contributed by atoms with van der Waals surface area (Å²) in [6, 6.07) is -14.9. The molecule has 2 fully saturated rings. The van der Waals surface area contributed by atoms with Crippen LogP contribution in [0.5, 0.6) is 0 Å². The van der Waals surface area contributed by atoms with E-state index in [0.29, 0.717) is 45.7 Å². The van der Waals surface area contributed by atoms with E-state index in [1.54, 1.807) is 60.6 Å². The van der Waals surface area contributed by atoms with E-state index in [0.717, 1.165) is 16.1 Å². The van der Waals surface area contributed by atoms with Crippen molar-refractivity contribution in [3.63, 3.8) is 0 Å². The molecule has 0 aromatic carbocycles. The molecule has 2 aliphatic heterocycles. The molecule has 0 bridgehead atoms. The van der Waals surface area contributed by atoms with Gasteiger partial charge in [-0.25, -0.2) is 8.42 Å². The van der Waals surface area contributed by atoms with Gasteiger partial charge in [0.2, 0.25) is 65.0 Å². The topological polar surface area (TPSA) is 325 Å². The van der Waals surface area contributed by atoms with Crippen LogP contribution in [0.3, 0.4) is 0 Å². The number of rotatable bonds is 21. The number of hydrogen-bond acceptors (Lipinski definition) is 16. The van der Waals surface area contributed by atoms with Crippen LogP contribution < -0.4 is 21.3 Å². The molecule has 2 heterocycles. The Balaban J connectivity index is 3.18. The molecular formula is C70H126N12O15S. The molecular weight excluding hydrogens is 1280 g/mol. The van der Waals surface area contributed by atoms with Crippen LogP contribution in [0, 0.1) is 41.4 Å². The van der Waals surface area contributed by atoms with Crippen molar-refractivity contribution < 1.29 is 71.0 Å². The molecule has 0 radical (unpaired) electrons. The lowest BCUT2D eigenvalue weighted by atomic mass is 9.91. The van der Waals surface area contributed by atoms with E-state index in [1.807, 2.05) is 41.5 Å². The Hall–Kier alpha value is -6.26. The maximum absolute atomic E-state index is 15.6. The Bertz CT molecular complexity index is 2830. The zero-order valence-electron chi connectivity index (χ0n) is 63.7. The first-order valence-corrected chi connectivity index (χ1v) is 37.3. The van der Waals surface area contributed by atoms with E-state index >= 15 is 38.4 Å². The normalized spacial score (nSPS) is 27.3. The van der Waals surface area contributed by atoms with Crippen molar-refractivity contribution in [1.29, 1.82) is 0 Å². The van der Waals surface area contributed by atoms with E-state index in [2.05, 4.69) is 26.2 Å². The Morgan fingerprint density at radius 2 is 0.990 bits per heavy atom. The summed E-state index contributed by atoms with van der Waals surface area (Å²) in [5.74, 6) is -12.3. The highest BCUT2D eigenvalue weighted by Crippen LogP contribution is 2.27. The summed E-state index contributed by atoms with van der Waals surface area (Å²) in [5.41, 5.74) is 0. The van der Waals surface area contributed by atoms with Crippen molar-refractivity contribution >= 4 is 74.8 Å². The summed E-state index contributed by atoms with van der Waals surface area (Å²) in [7, 11) is 5.88. The molecule has 2 saturated heterocycles. The average molecular weight is 1410 g/mol. The first-order valence-electron chi connectivity index (χ1n) is 35.3. The molecule has 98 heavy (non-hydrogen) atoms. The van der Waals surface area contributed by atoms with Gasteiger partial charge in [-0.05, 0) is 120 Å². The number of aliphatic hydroxyl groups excluding tert-OH is 1. The van der Waals surface area contributed by atoms with Gasteiger partial charge in [-0.2, -0.15) is 0 Å². The average Bonchev–Trinajstić information content (AvgIpc) is 0.807. The number of ether oxygens (including phenoxy) is 1. The summed E-state index contributed by atoms with van der Waals surface area (Å²) in [5, 5.41) is 23.4. The van der Waals surface area contributed by atoms with Gasteiger partial charge in [-0.15, -0.1) is 0 Å². The van der Waals surface area contributed by atoms with Crippen molar-refractivity contribution in [2.24, 2.45) is 41.4 Å². The minimum atomic E-state index is -3.86. The van der Waals surface area contributed by atoms with Crippen LogP contribution in [0.1, 0.15) is 162 Å². The first kappa shape index (κ1) is 87.8. The second-order valence-electron chi connectivity index (χ2n) is 29.6. The van der Waals surface area contributed by atoms with Crippen molar-refractivity contribution in [1.82, 2.24) is 60.5 Å². The van der Waals surface area contributed by atoms with Crippen molar-refractivity contribution in [2.75, 3.05) is 94.2 Å². The van der Waals surface area contributed by atoms with E-state index in [9.17, 15) is 27.9 Å². The monoisotopic (exact) mass is 1410 g/mol. The fraction of sp³-hybridized carbons (Fsp3) is 0.814. The lowest BCUT2D eigenvalue weighted by Crippen LogP contribution is -2.64. The van der Waals surface area contributed by atoms with Crippen LogP contribution in [0.25, 0.3) is 0 Å². The first-order chi connectivity index (χ1) is 45.4. The third kappa shape index (κ3) is 25.1. The summed E-state index contributed by atoms with van der Waals surface area (Å²) in [4.78, 5) is 176. The lowest BCUT2D eigenvalue weighted by Gasteiger charge is -2.41. The highest BCUT2D eigenvalue weighted by Gasteiger charge is 2.47. The third-order valence-corrected chi connectivity index (χ3v) is 20.2. The van der Waals surface area contributed by atoms with E-state index in [-0.39, 0.29) is 56.3 Å². The molecule has 0 aliphatic carbocycles. The van der Waals surface area contributed by atoms with Crippen LogP contribution in [0.2, 0.25) is 0 Å². The number of aliphatic hydroxyl groups is 1. The van der Waals surface area contributed by atoms with Crippen LogP contribution in [0.15, 0.2) is 12.2 Å². The van der Waals surface area contributed by atoms with Crippen LogP contribution in [0.4, 0.5) is 0 Å². The largest absolute Gasteiger partial charge is 0.390 e. The van der Waals surface area contributed by atoms with Gasteiger partial charge >= 0.3 is 0 Å². The number of nitrogens with zero attached hydrogens (tertiary/aromatic N) is 8. The lowest BCUT2D eigenvalue weighted by molar-refractivity contribution is -0.157. The van der Waals surface area contributed by atoms with Gasteiger partial charge in [0, 0.05) is 68.7 Å². The van der Waals surface area contributed by atoms with Gasteiger partial charge in [0.1, 0.15) is 76.3 Å². The van der Waals surface area contributed by atoms with Gasteiger partial charge in [0.15, 0.2) is 0 Å². The van der Waals surface area contributed by atoms with Crippen LogP contribution >= 0.6 is 0 Å². The number of morpholine rings is 1. The number of carbonyl (C=O) groups excluding carboxylic acids is 11. The second-order valence-corrected chi connectivity index (χ2v) is 31.8. The van der Waals surface area contributed by atoms with Crippen molar-refractivity contribution in [3.05, 3.63) is 12.2 Å². The highest BCUT2D eigenvalue weighted by molar-refractivity contribution is 7.90. The number of sulfone groups is 1. The number of nitrogens with one attached hydrogen (secondary N) is 4. The summed E-state index contributed by atoms with van der Waals surface area (Å²) >= 11 is 0. The van der Waals surface area contributed by atoms with Crippen LogP contribution in [-0.4, -0.2) is 284 Å². The number of amides is 11. The minimum absolute atomic E-state index is 0.0124. The Morgan fingerprint density at radius 3 is 1.48 bits per heavy atom. The molecule has 28 heteroatoms. The fourth-order valence-electron chi connectivity index (χ4n) is 13.0. The molecule has 2 rings (SSSR count). The second kappa shape index (κ2) is 40.3. The molecule has 14 atom stereocenters. The smallest absolute Gasteiger partial charge is 0.246 e. The molecule has 27 nitrogen and oxygen atoms in total. The zero-order chi connectivity index (χ0) is 75.3. The maximum Gasteiger partial charge on any atom is 0.246 e. The summed E-state index contributed by atoms with van der Waals surface area (Å²) in [6.07, 6.45) is 4.33. The number of likely N-dealkylation sites (N-methyl/N-ethyl adjacent to an activating group) is 7. The molecule has 2 aliphatic rings. The quantitative estimate of drug-likeness (QED) is 0.103. The van der Waals surface area contributed by atoms with E-state index in [1.165, 1.54) is 94.6 Å². The predicted molar refractivity (Wildman–Crippen MR) is 378 cm³/mol. The van der Waals surface area contributed by atoms with Gasteiger partial charge in [-0.3, -0.25) is 57.6 Å².